The lowest BCUT2D eigenvalue weighted by Crippen LogP contribution is -2.19. The quantitative estimate of drug-likeness (QED) is 0.725. The van der Waals surface area contributed by atoms with E-state index in [0.29, 0.717) is 0 Å². The van der Waals surface area contributed by atoms with E-state index in [1.807, 2.05) is 12.1 Å². The molecular weight excluding hydrogens is 248 g/mol. The molecule has 0 aliphatic heterocycles. The molecule has 0 bridgehead atoms. The van der Waals surface area contributed by atoms with Crippen molar-refractivity contribution in [2.45, 2.75) is 40.0 Å². The van der Waals surface area contributed by atoms with Gasteiger partial charge in [-0.3, -0.25) is 4.79 Å². The largest absolute Gasteiger partial charge is 0.472 e. The Bertz CT molecular complexity index is 554. The van der Waals surface area contributed by atoms with Gasteiger partial charge in [-0.1, -0.05) is 25.5 Å². The van der Waals surface area contributed by atoms with Crippen LogP contribution in [0.15, 0.2) is 52.4 Å². The van der Waals surface area contributed by atoms with E-state index in [1.165, 1.54) is 24.0 Å². The van der Waals surface area contributed by atoms with Gasteiger partial charge in [-0.2, -0.15) is 0 Å². The van der Waals surface area contributed by atoms with E-state index < -0.39 is 0 Å². The second-order valence-corrected chi connectivity index (χ2v) is 6.06. The van der Waals surface area contributed by atoms with Gasteiger partial charge >= 0.3 is 0 Å². The Labute approximate surface area is 120 Å². The molecule has 2 heteroatoms. The van der Waals surface area contributed by atoms with Crippen LogP contribution in [0.5, 0.6) is 0 Å². The normalized spacial score (nSPS) is 19.1. The fourth-order valence-electron chi connectivity index (χ4n) is 2.78. The molecule has 0 atom stereocenters. The Morgan fingerprint density at radius 2 is 2.05 bits per heavy atom. The van der Waals surface area contributed by atoms with Crippen LogP contribution >= 0.6 is 0 Å². The number of carbonyl (C=O) groups excluding carboxylic acids is 1. The van der Waals surface area contributed by atoms with Crippen LogP contribution in [0.1, 0.15) is 45.6 Å². The van der Waals surface area contributed by atoms with Gasteiger partial charge in [-0.15, -0.1) is 0 Å². The minimum Gasteiger partial charge on any atom is -0.472 e. The molecular formula is C18H22O2. The van der Waals surface area contributed by atoms with E-state index in [2.05, 4.69) is 20.8 Å². The van der Waals surface area contributed by atoms with E-state index in [-0.39, 0.29) is 11.2 Å². The van der Waals surface area contributed by atoms with E-state index >= 15 is 0 Å². The summed E-state index contributed by atoms with van der Waals surface area (Å²) in [5, 5.41) is 0. The molecule has 0 radical (unpaired) electrons. The molecule has 0 unspecified atom stereocenters. The summed E-state index contributed by atoms with van der Waals surface area (Å²) < 4.78 is 4.96. The number of rotatable bonds is 4. The maximum absolute atomic E-state index is 11.9. The van der Waals surface area contributed by atoms with Crippen molar-refractivity contribution in [3.63, 3.8) is 0 Å². The fourth-order valence-corrected chi connectivity index (χ4v) is 2.78. The molecule has 1 heterocycles. The van der Waals surface area contributed by atoms with Gasteiger partial charge in [0.25, 0.3) is 0 Å². The predicted octanol–water partition coefficient (Wildman–Crippen LogP) is 4.94. The minimum atomic E-state index is 0.00729. The van der Waals surface area contributed by atoms with Gasteiger partial charge in [0.05, 0.1) is 12.5 Å². The number of carbonyl (C=O) groups is 1. The molecule has 1 aliphatic carbocycles. The van der Waals surface area contributed by atoms with Crippen molar-refractivity contribution in [1.82, 2.24) is 0 Å². The van der Waals surface area contributed by atoms with Gasteiger partial charge in [0.15, 0.2) is 5.78 Å². The minimum absolute atomic E-state index is 0.00729. The van der Waals surface area contributed by atoms with Gasteiger partial charge < -0.3 is 4.42 Å². The van der Waals surface area contributed by atoms with E-state index in [9.17, 15) is 4.79 Å². The average molecular weight is 270 g/mol. The SMILES string of the molecule is CC1=C(/C=C/C(=O)/C=C/c2ccoc2)C(C)(C)CCC1. The Hall–Kier alpha value is -1.83. The summed E-state index contributed by atoms with van der Waals surface area (Å²) in [7, 11) is 0. The number of allylic oxidation sites excluding steroid dienone is 5. The monoisotopic (exact) mass is 270 g/mol. The maximum Gasteiger partial charge on any atom is 0.178 e. The summed E-state index contributed by atoms with van der Waals surface area (Å²) in [6.07, 6.45) is 13.8. The van der Waals surface area contributed by atoms with Crippen LogP contribution in [-0.4, -0.2) is 5.78 Å². The first kappa shape index (κ1) is 14.6. The summed E-state index contributed by atoms with van der Waals surface area (Å²) in [5.74, 6) is 0.00729. The highest BCUT2D eigenvalue weighted by Crippen LogP contribution is 2.40. The van der Waals surface area contributed by atoms with Crippen molar-refractivity contribution in [1.29, 1.82) is 0 Å². The summed E-state index contributed by atoms with van der Waals surface area (Å²) in [6.45, 7) is 6.68. The summed E-state index contributed by atoms with van der Waals surface area (Å²) in [4.78, 5) is 11.9. The Morgan fingerprint density at radius 3 is 2.70 bits per heavy atom. The topological polar surface area (TPSA) is 30.2 Å². The first-order chi connectivity index (χ1) is 9.49. The van der Waals surface area contributed by atoms with Gasteiger partial charge in [0.2, 0.25) is 0 Å². The number of furan rings is 1. The van der Waals surface area contributed by atoms with Gasteiger partial charge in [-0.05, 0) is 61.5 Å². The first-order valence-electron chi connectivity index (χ1n) is 7.11. The van der Waals surface area contributed by atoms with Crippen molar-refractivity contribution in [2.75, 3.05) is 0 Å². The van der Waals surface area contributed by atoms with Crippen molar-refractivity contribution in [2.24, 2.45) is 5.41 Å². The first-order valence-corrected chi connectivity index (χ1v) is 7.11. The zero-order valence-corrected chi connectivity index (χ0v) is 12.5. The van der Waals surface area contributed by atoms with Crippen molar-refractivity contribution >= 4 is 11.9 Å². The summed E-state index contributed by atoms with van der Waals surface area (Å²) in [6, 6.07) is 1.82. The molecule has 0 saturated carbocycles. The van der Waals surface area contributed by atoms with Crippen LogP contribution in [-0.2, 0) is 4.79 Å². The van der Waals surface area contributed by atoms with Crippen molar-refractivity contribution in [3.05, 3.63) is 53.5 Å². The standard InChI is InChI=1S/C18H22O2/c1-14-5-4-11-18(2,3)17(14)9-8-16(19)7-6-15-10-12-20-13-15/h6-10,12-13H,4-5,11H2,1-3H3/b7-6+,9-8+. The molecule has 0 fully saturated rings. The third-order valence-corrected chi connectivity index (χ3v) is 3.94. The maximum atomic E-state index is 11.9. The molecule has 0 amide bonds. The van der Waals surface area contributed by atoms with Crippen LogP contribution in [0.25, 0.3) is 6.08 Å². The van der Waals surface area contributed by atoms with Gasteiger partial charge in [0.1, 0.15) is 0 Å². The predicted molar refractivity (Wildman–Crippen MR) is 82.2 cm³/mol. The second-order valence-electron chi connectivity index (χ2n) is 6.06. The molecule has 106 valence electrons. The van der Waals surface area contributed by atoms with Gasteiger partial charge in [0, 0.05) is 5.56 Å². The van der Waals surface area contributed by atoms with Crippen LogP contribution in [0.2, 0.25) is 0 Å². The molecule has 20 heavy (non-hydrogen) atoms. The zero-order valence-electron chi connectivity index (χ0n) is 12.5. The number of hydrogen-bond acceptors (Lipinski definition) is 2. The molecule has 1 aromatic heterocycles. The lowest BCUT2D eigenvalue weighted by atomic mass is 9.72. The van der Waals surface area contributed by atoms with Crippen molar-refractivity contribution in [3.8, 4) is 0 Å². The van der Waals surface area contributed by atoms with E-state index in [0.717, 1.165) is 12.0 Å². The van der Waals surface area contributed by atoms with Crippen molar-refractivity contribution < 1.29 is 9.21 Å². The van der Waals surface area contributed by atoms with Gasteiger partial charge in [-0.25, -0.2) is 0 Å². The third-order valence-electron chi connectivity index (χ3n) is 3.94. The average Bonchev–Trinajstić information content (AvgIpc) is 2.88. The molecule has 0 N–H and O–H groups in total. The van der Waals surface area contributed by atoms with Crippen LogP contribution in [0, 0.1) is 5.41 Å². The molecule has 2 nitrogen and oxygen atoms in total. The summed E-state index contributed by atoms with van der Waals surface area (Å²) in [5.41, 5.74) is 3.80. The molecule has 2 rings (SSSR count). The lowest BCUT2D eigenvalue weighted by molar-refractivity contribution is -0.110. The number of hydrogen-bond donors (Lipinski definition) is 0. The highest BCUT2D eigenvalue weighted by atomic mass is 16.3. The molecule has 1 aliphatic rings. The number of ketones is 1. The van der Waals surface area contributed by atoms with E-state index in [4.69, 9.17) is 4.42 Å². The second kappa shape index (κ2) is 6.08. The Morgan fingerprint density at radius 1 is 1.30 bits per heavy atom. The smallest absolute Gasteiger partial charge is 0.178 e. The van der Waals surface area contributed by atoms with Crippen LogP contribution in [0.3, 0.4) is 0 Å². The zero-order chi connectivity index (χ0) is 14.6. The van der Waals surface area contributed by atoms with Crippen LogP contribution < -0.4 is 0 Å². The summed E-state index contributed by atoms with van der Waals surface area (Å²) >= 11 is 0. The Kier molecular flexibility index (Phi) is 4.43. The third kappa shape index (κ3) is 3.60. The van der Waals surface area contributed by atoms with E-state index in [1.54, 1.807) is 30.8 Å². The van der Waals surface area contributed by atoms with Crippen LogP contribution in [0.4, 0.5) is 0 Å². The molecule has 1 aromatic rings. The molecule has 0 spiro atoms. The molecule has 0 aromatic carbocycles. The molecule has 0 saturated heterocycles. The highest BCUT2D eigenvalue weighted by molar-refractivity contribution is 6.02. The fraction of sp³-hybridized carbons (Fsp3) is 0.389. The lowest BCUT2D eigenvalue weighted by Gasteiger charge is -2.32. The Balaban J connectivity index is 2.07. The highest BCUT2D eigenvalue weighted by Gasteiger charge is 2.26.